The summed E-state index contributed by atoms with van der Waals surface area (Å²) in [6.45, 7) is 2.00. The van der Waals surface area contributed by atoms with E-state index >= 15 is 0 Å². The van der Waals surface area contributed by atoms with Gasteiger partial charge in [-0.2, -0.15) is 0 Å². The molecule has 19 heavy (non-hydrogen) atoms. The first-order chi connectivity index (χ1) is 9.08. The number of esters is 1. The lowest BCUT2D eigenvalue weighted by Crippen LogP contribution is -2.45. The number of carbonyl (C=O) groups is 1. The molecule has 1 saturated carbocycles. The maximum Gasteiger partial charge on any atom is 0.337 e. The molecule has 0 aromatic heterocycles. The van der Waals surface area contributed by atoms with Gasteiger partial charge in [-0.1, -0.05) is 6.42 Å². The molecule has 1 aliphatic heterocycles. The Bertz CT molecular complexity index is 312. The molecule has 1 spiro atoms. The Kier molecular flexibility index (Phi) is 4.78. The van der Waals surface area contributed by atoms with Crippen LogP contribution in [0.1, 0.15) is 39.0 Å². The molecule has 2 aliphatic rings. The summed E-state index contributed by atoms with van der Waals surface area (Å²) in [6.07, 6.45) is 1.22. The van der Waals surface area contributed by atoms with Crippen LogP contribution in [0.2, 0.25) is 0 Å². The van der Waals surface area contributed by atoms with E-state index in [0.717, 1.165) is 32.1 Å². The van der Waals surface area contributed by atoms with Gasteiger partial charge in [0.15, 0.2) is 11.9 Å². The number of hydrogen-bond acceptors (Lipinski definition) is 6. The Morgan fingerprint density at radius 1 is 1.37 bits per heavy atom. The lowest BCUT2D eigenvalue weighted by Gasteiger charge is -2.32. The molecule has 110 valence electrons. The minimum Gasteiger partial charge on any atom is -0.464 e. The van der Waals surface area contributed by atoms with Gasteiger partial charge in [0.25, 0.3) is 0 Å². The third-order valence-electron chi connectivity index (χ3n) is 3.72. The number of carbonyl (C=O) groups excluding carboxylic acids is 1. The molecule has 0 amide bonds. The molecule has 2 rings (SSSR count). The molecule has 0 unspecified atom stereocenters. The monoisotopic (exact) mass is 274 g/mol. The Hall–Kier alpha value is -0.690. The van der Waals surface area contributed by atoms with Crippen LogP contribution in [0.15, 0.2) is 0 Å². The van der Waals surface area contributed by atoms with E-state index in [-0.39, 0.29) is 13.2 Å². The largest absolute Gasteiger partial charge is 0.464 e. The summed E-state index contributed by atoms with van der Waals surface area (Å²) in [6, 6.07) is 0. The van der Waals surface area contributed by atoms with E-state index < -0.39 is 30.1 Å². The van der Waals surface area contributed by atoms with Gasteiger partial charge < -0.3 is 24.4 Å². The summed E-state index contributed by atoms with van der Waals surface area (Å²) in [5.74, 6) is -1.46. The van der Waals surface area contributed by atoms with Gasteiger partial charge in [0, 0.05) is 12.8 Å². The smallest absolute Gasteiger partial charge is 0.337 e. The summed E-state index contributed by atoms with van der Waals surface area (Å²) in [5.41, 5.74) is 0. The van der Waals surface area contributed by atoms with Crippen molar-refractivity contribution in [3.05, 3.63) is 0 Å². The van der Waals surface area contributed by atoms with E-state index in [1.807, 2.05) is 0 Å². The van der Waals surface area contributed by atoms with Crippen molar-refractivity contribution in [2.45, 2.75) is 63.1 Å². The van der Waals surface area contributed by atoms with Crippen molar-refractivity contribution in [1.82, 2.24) is 0 Å². The van der Waals surface area contributed by atoms with E-state index in [1.165, 1.54) is 0 Å². The molecule has 1 heterocycles. The fourth-order valence-corrected chi connectivity index (χ4v) is 2.67. The maximum absolute atomic E-state index is 11.4. The third kappa shape index (κ3) is 3.25. The van der Waals surface area contributed by atoms with Gasteiger partial charge in [-0.15, -0.1) is 0 Å². The third-order valence-corrected chi connectivity index (χ3v) is 3.72. The van der Waals surface area contributed by atoms with Crippen molar-refractivity contribution < 1.29 is 29.2 Å². The van der Waals surface area contributed by atoms with Crippen LogP contribution in [0.3, 0.4) is 0 Å². The van der Waals surface area contributed by atoms with Gasteiger partial charge in [-0.05, 0) is 19.8 Å². The minimum absolute atomic E-state index is 0.161. The van der Waals surface area contributed by atoms with E-state index in [0.29, 0.717) is 0 Å². The predicted molar refractivity (Wildman–Crippen MR) is 65.3 cm³/mol. The predicted octanol–water partition coefficient (Wildman–Crippen LogP) is 0.347. The summed E-state index contributed by atoms with van der Waals surface area (Å²) < 4.78 is 16.1. The van der Waals surface area contributed by atoms with E-state index in [1.54, 1.807) is 6.92 Å². The van der Waals surface area contributed by atoms with Crippen LogP contribution in [-0.4, -0.2) is 53.5 Å². The molecule has 1 aliphatic carbocycles. The van der Waals surface area contributed by atoms with Gasteiger partial charge in [0.2, 0.25) is 0 Å². The highest BCUT2D eigenvalue weighted by Gasteiger charge is 2.47. The van der Waals surface area contributed by atoms with Crippen LogP contribution < -0.4 is 0 Å². The zero-order valence-electron chi connectivity index (χ0n) is 11.2. The zero-order valence-corrected chi connectivity index (χ0v) is 11.2. The second-order valence-corrected chi connectivity index (χ2v) is 5.13. The quantitative estimate of drug-likeness (QED) is 0.719. The summed E-state index contributed by atoms with van der Waals surface area (Å²) in [5, 5.41) is 19.7. The molecular weight excluding hydrogens is 252 g/mol. The van der Waals surface area contributed by atoms with Gasteiger partial charge in [-0.25, -0.2) is 4.79 Å². The van der Waals surface area contributed by atoms with E-state index in [4.69, 9.17) is 9.47 Å². The van der Waals surface area contributed by atoms with Gasteiger partial charge in [0.05, 0.1) is 13.2 Å². The average molecular weight is 274 g/mol. The molecule has 0 bridgehead atoms. The van der Waals surface area contributed by atoms with Crippen molar-refractivity contribution in [3.8, 4) is 0 Å². The zero-order chi connectivity index (χ0) is 13.9. The topological polar surface area (TPSA) is 85.2 Å². The van der Waals surface area contributed by atoms with E-state index in [9.17, 15) is 15.0 Å². The molecule has 0 radical (unpaired) electrons. The highest BCUT2D eigenvalue weighted by atomic mass is 16.7. The van der Waals surface area contributed by atoms with Crippen LogP contribution in [0.25, 0.3) is 0 Å². The van der Waals surface area contributed by atoms with Gasteiger partial charge in [-0.3, -0.25) is 0 Å². The van der Waals surface area contributed by atoms with Crippen LogP contribution in [0, 0.1) is 0 Å². The number of hydrogen-bond donors (Lipinski definition) is 2. The summed E-state index contributed by atoms with van der Waals surface area (Å²) >= 11 is 0. The number of aliphatic hydroxyl groups excluding tert-OH is 2. The first-order valence-corrected chi connectivity index (χ1v) is 6.92. The summed E-state index contributed by atoms with van der Waals surface area (Å²) in [7, 11) is 0. The first kappa shape index (κ1) is 14.7. The molecule has 6 heteroatoms. The Morgan fingerprint density at radius 3 is 2.68 bits per heavy atom. The molecule has 2 fully saturated rings. The summed E-state index contributed by atoms with van der Waals surface area (Å²) in [4.78, 5) is 11.4. The standard InChI is InChI=1S/C13H22O6/c1-2-17-12(16)11(15)10(14)9-8-18-13(19-9)6-4-3-5-7-13/h9-11,14-15H,2-8H2,1H3/t9-,10+,11-/m1/s1. The fraction of sp³-hybridized carbons (Fsp3) is 0.923. The maximum atomic E-state index is 11.4. The Morgan fingerprint density at radius 2 is 2.05 bits per heavy atom. The van der Waals surface area contributed by atoms with Crippen molar-refractivity contribution in [2.24, 2.45) is 0 Å². The fourth-order valence-electron chi connectivity index (χ4n) is 2.67. The lowest BCUT2D eigenvalue weighted by molar-refractivity contribution is -0.203. The molecule has 0 aromatic carbocycles. The van der Waals surface area contributed by atoms with Gasteiger partial charge >= 0.3 is 5.97 Å². The van der Waals surface area contributed by atoms with Crippen molar-refractivity contribution in [1.29, 1.82) is 0 Å². The minimum atomic E-state index is -1.59. The van der Waals surface area contributed by atoms with Crippen LogP contribution in [0.5, 0.6) is 0 Å². The lowest BCUT2D eigenvalue weighted by atomic mass is 9.94. The molecular formula is C13H22O6. The SMILES string of the molecule is CCOC(=O)[C@H](O)[C@@H](O)[C@H]1COC2(CCCCC2)O1. The van der Waals surface area contributed by atoms with Crippen LogP contribution >= 0.6 is 0 Å². The van der Waals surface area contributed by atoms with Crippen molar-refractivity contribution in [2.75, 3.05) is 13.2 Å². The highest BCUT2D eigenvalue weighted by molar-refractivity contribution is 5.75. The Balaban J connectivity index is 1.90. The molecule has 6 nitrogen and oxygen atoms in total. The number of ether oxygens (including phenoxy) is 3. The number of aliphatic hydroxyl groups is 2. The number of rotatable bonds is 4. The van der Waals surface area contributed by atoms with Crippen LogP contribution in [0.4, 0.5) is 0 Å². The molecule has 1 saturated heterocycles. The Labute approximate surface area is 112 Å². The molecule has 2 N–H and O–H groups in total. The van der Waals surface area contributed by atoms with Crippen molar-refractivity contribution in [3.63, 3.8) is 0 Å². The molecule has 3 atom stereocenters. The molecule has 0 aromatic rings. The van der Waals surface area contributed by atoms with Gasteiger partial charge in [0.1, 0.15) is 12.2 Å². The second kappa shape index (κ2) is 6.17. The first-order valence-electron chi connectivity index (χ1n) is 6.92. The normalized spacial score (nSPS) is 29.1. The second-order valence-electron chi connectivity index (χ2n) is 5.13. The highest BCUT2D eigenvalue weighted by Crippen LogP contribution is 2.38. The van der Waals surface area contributed by atoms with E-state index in [2.05, 4.69) is 4.74 Å². The van der Waals surface area contributed by atoms with Crippen molar-refractivity contribution >= 4 is 5.97 Å². The average Bonchev–Trinajstić information content (AvgIpc) is 2.82. The van der Waals surface area contributed by atoms with Crippen LogP contribution in [-0.2, 0) is 19.0 Å².